The fourth-order valence-electron chi connectivity index (χ4n) is 4.62. The van der Waals surface area contributed by atoms with E-state index in [4.69, 9.17) is 9.47 Å². The van der Waals surface area contributed by atoms with Crippen LogP contribution in [-0.4, -0.2) is 12.7 Å². The summed E-state index contributed by atoms with van der Waals surface area (Å²) in [5, 5.41) is 3.95. The van der Waals surface area contributed by atoms with Crippen LogP contribution in [0.1, 0.15) is 68.7 Å². The molecule has 4 rings (SSSR count). The summed E-state index contributed by atoms with van der Waals surface area (Å²) in [6, 6.07) is 17.7. The third kappa shape index (κ3) is 3.33. The molecule has 2 atom stereocenters. The summed E-state index contributed by atoms with van der Waals surface area (Å²) in [6.45, 7) is 2.25. The molecule has 2 aliphatic rings. The Morgan fingerprint density at radius 1 is 1.12 bits per heavy atom. The molecule has 2 unspecified atom stereocenters. The molecule has 1 fully saturated rings. The van der Waals surface area contributed by atoms with Crippen molar-refractivity contribution in [2.75, 3.05) is 7.11 Å². The molecule has 0 aromatic heterocycles. The second-order valence-corrected chi connectivity index (χ2v) is 7.69. The highest BCUT2D eigenvalue weighted by Crippen LogP contribution is 2.47. The van der Waals surface area contributed by atoms with E-state index in [1.807, 2.05) is 0 Å². The van der Waals surface area contributed by atoms with Crippen molar-refractivity contribution in [2.24, 2.45) is 0 Å². The normalized spacial score (nSPS) is 21.8. The largest absolute Gasteiger partial charge is 0.497 e. The molecule has 0 amide bonds. The molecule has 138 valence electrons. The SMILES string of the molecule is CCC(NC1CC2(CCCC2)Oc2ccccc21)c1ccc(OC)cc1. The van der Waals surface area contributed by atoms with Gasteiger partial charge in [0.1, 0.15) is 17.1 Å². The van der Waals surface area contributed by atoms with Crippen LogP contribution in [0, 0.1) is 0 Å². The Morgan fingerprint density at radius 2 is 1.85 bits per heavy atom. The van der Waals surface area contributed by atoms with Gasteiger partial charge < -0.3 is 14.8 Å². The van der Waals surface area contributed by atoms with Gasteiger partial charge in [-0.1, -0.05) is 37.3 Å². The highest BCUT2D eigenvalue weighted by molar-refractivity contribution is 5.39. The van der Waals surface area contributed by atoms with Crippen LogP contribution in [0.25, 0.3) is 0 Å². The minimum atomic E-state index is 0.0320. The first-order valence-electron chi connectivity index (χ1n) is 9.91. The number of fused-ring (bicyclic) bond motifs is 1. The quantitative estimate of drug-likeness (QED) is 0.763. The summed E-state index contributed by atoms with van der Waals surface area (Å²) < 4.78 is 11.8. The molecule has 3 heteroatoms. The van der Waals surface area contributed by atoms with Gasteiger partial charge in [-0.2, -0.15) is 0 Å². The van der Waals surface area contributed by atoms with Crippen molar-refractivity contribution < 1.29 is 9.47 Å². The molecule has 1 aliphatic heterocycles. The number of methoxy groups -OCH3 is 1. The van der Waals surface area contributed by atoms with Crippen molar-refractivity contribution >= 4 is 0 Å². The standard InChI is InChI=1S/C23H29NO2/c1-3-20(17-10-12-18(25-2)13-11-17)24-21-16-23(14-6-7-15-23)26-22-9-5-4-8-19(21)22/h4-5,8-13,20-21,24H,3,6-7,14-16H2,1-2H3. The van der Waals surface area contributed by atoms with E-state index in [9.17, 15) is 0 Å². The van der Waals surface area contributed by atoms with E-state index in [-0.39, 0.29) is 5.60 Å². The van der Waals surface area contributed by atoms with Crippen molar-refractivity contribution in [3.8, 4) is 11.5 Å². The van der Waals surface area contributed by atoms with Crippen LogP contribution in [0.5, 0.6) is 11.5 Å². The summed E-state index contributed by atoms with van der Waals surface area (Å²) >= 11 is 0. The molecule has 1 N–H and O–H groups in total. The van der Waals surface area contributed by atoms with E-state index in [1.54, 1.807) is 7.11 Å². The van der Waals surface area contributed by atoms with Crippen LogP contribution in [0.15, 0.2) is 48.5 Å². The summed E-state index contributed by atoms with van der Waals surface area (Å²) in [7, 11) is 1.71. The van der Waals surface area contributed by atoms with Gasteiger partial charge in [0.15, 0.2) is 0 Å². The Labute approximate surface area is 156 Å². The van der Waals surface area contributed by atoms with E-state index >= 15 is 0 Å². The Balaban J connectivity index is 1.60. The highest BCUT2D eigenvalue weighted by Gasteiger charge is 2.43. The molecule has 0 saturated heterocycles. The van der Waals surface area contributed by atoms with Gasteiger partial charge >= 0.3 is 0 Å². The van der Waals surface area contributed by atoms with Gasteiger partial charge in [0.25, 0.3) is 0 Å². The van der Waals surface area contributed by atoms with E-state index in [0.717, 1.165) is 24.3 Å². The Kier molecular flexibility index (Phi) is 4.90. The molecule has 2 aromatic carbocycles. The summed E-state index contributed by atoms with van der Waals surface area (Å²) in [6.07, 6.45) is 7.04. The molecular formula is C23H29NO2. The predicted octanol–water partition coefficient (Wildman–Crippen LogP) is 5.57. The van der Waals surface area contributed by atoms with Gasteiger partial charge in [0.2, 0.25) is 0 Å². The van der Waals surface area contributed by atoms with E-state index in [1.165, 1.54) is 36.8 Å². The van der Waals surface area contributed by atoms with Crippen molar-refractivity contribution in [2.45, 2.75) is 63.1 Å². The molecule has 0 bridgehead atoms. The molecular weight excluding hydrogens is 322 g/mol. The van der Waals surface area contributed by atoms with Crippen LogP contribution in [0.3, 0.4) is 0 Å². The molecule has 1 heterocycles. The topological polar surface area (TPSA) is 30.5 Å². The molecule has 1 aliphatic carbocycles. The zero-order valence-corrected chi connectivity index (χ0v) is 15.8. The summed E-state index contributed by atoms with van der Waals surface area (Å²) in [5.41, 5.74) is 2.65. The molecule has 26 heavy (non-hydrogen) atoms. The average molecular weight is 351 g/mol. The van der Waals surface area contributed by atoms with Gasteiger partial charge in [-0.25, -0.2) is 0 Å². The maximum absolute atomic E-state index is 6.51. The lowest BCUT2D eigenvalue weighted by atomic mass is 9.85. The molecule has 1 saturated carbocycles. The first-order chi connectivity index (χ1) is 12.7. The number of hydrogen-bond acceptors (Lipinski definition) is 3. The van der Waals surface area contributed by atoms with Crippen LogP contribution in [0.4, 0.5) is 0 Å². The monoisotopic (exact) mass is 351 g/mol. The summed E-state index contributed by atoms with van der Waals surface area (Å²) in [5.74, 6) is 1.98. The fraction of sp³-hybridized carbons (Fsp3) is 0.478. The van der Waals surface area contributed by atoms with Gasteiger partial charge in [-0.15, -0.1) is 0 Å². The lowest BCUT2D eigenvalue weighted by molar-refractivity contribution is 0.0346. The maximum Gasteiger partial charge on any atom is 0.124 e. The number of nitrogens with one attached hydrogen (secondary N) is 1. The van der Waals surface area contributed by atoms with Gasteiger partial charge in [-0.3, -0.25) is 0 Å². The zero-order valence-electron chi connectivity index (χ0n) is 15.8. The third-order valence-electron chi connectivity index (χ3n) is 6.04. The first kappa shape index (κ1) is 17.4. The zero-order chi connectivity index (χ0) is 18.0. The molecule has 0 radical (unpaired) electrons. The minimum Gasteiger partial charge on any atom is -0.497 e. The van der Waals surface area contributed by atoms with Crippen molar-refractivity contribution in [1.82, 2.24) is 5.32 Å². The first-order valence-corrected chi connectivity index (χ1v) is 9.91. The minimum absolute atomic E-state index is 0.0320. The Hall–Kier alpha value is -2.00. The van der Waals surface area contributed by atoms with E-state index in [0.29, 0.717) is 12.1 Å². The third-order valence-corrected chi connectivity index (χ3v) is 6.04. The lowest BCUT2D eigenvalue weighted by Crippen LogP contribution is -2.42. The van der Waals surface area contributed by atoms with Crippen molar-refractivity contribution in [3.63, 3.8) is 0 Å². The average Bonchev–Trinajstić information content (AvgIpc) is 3.13. The second-order valence-electron chi connectivity index (χ2n) is 7.69. The van der Waals surface area contributed by atoms with Crippen LogP contribution < -0.4 is 14.8 Å². The molecule has 3 nitrogen and oxygen atoms in total. The Bertz CT molecular complexity index is 734. The van der Waals surface area contributed by atoms with Gasteiger partial charge in [0.05, 0.1) is 7.11 Å². The van der Waals surface area contributed by atoms with Crippen LogP contribution in [0.2, 0.25) is 0 Å². The predicted molar refractivity (Wildman–Crippen MR) is 105 cm³/mol. The molecule has 1 spiro atoms. The fourth-order valence-corrected chi connectivity index (χ4v) is 4.62. The summed E-state index contributed by atoms with van der Waals surface area (Å²) in [4.78, 5) is 0. The van der Waals surface area contributed by atoms with Gasteiger partial charge in [-0.05, 0) is 55.9 Å². The molecule has 2 aromatic rings. The number of para-hydroxylation sites is 1. The number of benzene rings is 2. The van der Waals surface area contributed by atoms with Gasteiger partial charge in [0, 0.05) is 24.1 Å². The second kappa shape index (κ2) is 7.32. The number of hydrogen-bond donors (Lipinski definition) is 1. The van der Waals surface area contributed by atoms with Crippen molar-refractivity contribution in [1.29, 1.82) is 0 Å². The number of ether oxygens (including phenoxy) is 2. The van der Waals surface area contributed by atoms with Crippen LogP contribution >= 0.6 is 0 Å². The van der Waals surface area contributed by atoms with Crippen molar-refractivity contribution in [3.05, 3.63) is 59.7 Å². The number of rotatable bonds is 5. The smallest absolute Gasteiger partial charge is 0.124 e. The van der Waals surface area contributed by atoms with Crippen LogP contribution in [-0.2, 0) is 0 Å². The maximum atomic E-state index is 6.51. The highest BCUT2D eigenvalue weighted by atomic mass is 16.5. The van der Waals surface area contributed by atoms with E-state index < -0.39 is 0 Å². The van der Waals surface area contributed by atoms with E-state index in [2.05, 4.69) is 60.8 Å². The Morgan fingerprint density at radius 3 is 2.54 bits per heavy atom. The lowest BCUT2D eigenvalue weighted by Gasteiger charge is -2.41.